The summed E-state index contributed by atoms with van der Waals surface area (Å²) in [7, 11) is 0. The SMILES string of the molecule is CC(O)CCn1nc(N)c2cc(-c3ccncc3)cnc21. The van der Waals surface area contributed by atoms with Crippen LogP contribution in [0.1, 0.15) is 13.3 Å². The van der Waals surface area contributed by atoms with Crippen LogP contribution in [0.25, 0.3) is 22.2 Å². The average Bonchev–Trinajstić information content (AvgIpc) is 2.82. The zero-order valence-electron chi connectivity index (χ0n) is 11.8. The van der Waals surface area contributed by atoms with Gasteiger partial charge in [-0.1, -0.05) is 0 Å². The summed E-state index contributed by atoms with van der Waals surface area (Å²) in [5, 5.41) is 14.5. The van der Waals surface area contributed by atoms with Crippen LogP contribution in [0.2, 0.25) is 0 Å². The second kappa shape index (κ2) is 5.49. The first-order chi connectivity index (χ1) is 10.1. The standard InChI is InChI=1S/C15H17N5O/c1-10(21)4-7-20-15-13(14(16)19-20)8-12(9-18-15)11-2-5-17-6-3-11/h2-3,5-6,8-10,21H,4,7H2,1H3,(H2,16,19). The number of nitrogen functional groups attached to an aromatic ring is 1. The fourth-order valence-electron chi connectivity index (χ4n) is 2.25. The van der Waals surface area contributed by atoms with Crippen molar-refractivity contribution in [1.29, 1.82) is 0 Å². The minimum absolute atomic E-state index is 0.374. The molecule has 0 spiro atoms. The molecule has 0 bridgehead atoms. The Hall–Kier alpha value is -2.47. The van der Waals surface area contributed by atoms with Crippen LogP contribution in [0.15, 0.2) is 36.8 Å². The van der Waals surface area contributed by atoms with Crippen molar-refractivity contribution in [2.75, 3.05) is 5.73 Å². The highest BCUT2D eigenvalue weighted by molar-refractivity contribution is 5.89. The molecule has 3 heterocycles. The molecule has 1 atom stereocenters. The Morgan fingerprint density at radius 2 is 2.05 bits per heavy atom. The molecule has 3 aromatic rings. The summed E-state index contributed by atoms with van der Waals surface area (Å²) >= 11 is 0. The summed E-state index contributed by atoms with van der Waals surface area (Å²) in [5.74, 6) is 0.457. The first-order valence-corrected chi connectivity index (χ1v) is 6.85. The lowest BCUT2D eigenvalue weighted by atomic mass is 10.1. The largest absolute Gasteiger partial charge is 0.393 e. The monoisotopic (exact) mass is 283 g/mol. The number of rotatable bonds is 4. The number of aryl methyl sites for hydroxylation is 1. The van der Waals surface area contributed by atoms with Gasteiger partial charge >= 0.3 is 0 Å². The summed E-state index contributed by atoms with van der Waals surface area (Å²) < 4.78 is 1.74. The van der Waals surface area contributed by atoms with Crippen LogP contribution in [0.4, 0.5) is 5.82 Å². The molecule has 108 valence electrons. The molecule has 3 aromatic heterocycles. The van der Waals surface area contributed by atoms with E-state index < -0.39 is 0 Å². The molecule has 0 aliphatic heterocycles. The normalized spacial score (nSPS) is 12.7. The zero-order valence-corrected chi connectivity index (χ0v) is 11.8. The number of nitrogens with two attached hydrogens (primary N) is 1. The number of pyridine rings is 2. The van der Waals surface area contributed by atoms with Gasteiger partial charge in [-0.2, -0.15) is 5.10 Å². The molecule has 21 heavy (non-hydrogen) atoms. The molecule has 0 aromatic carbocycles. The fraction of sp³-hybridized carbons (Fsp3) is 0.267. The van der Waals surface area contributed by atoms with Gasteiger partial charge in [0.25, 0.3) is 0 Å². The Kier molecular flexibility index (Phi) is 3.53. The van der Waals surface area contributed by atoms with Crippen molar-refractivity contribution in [3.63, 3.8) is 0 Å². The van der Waals surface area contributed by atoms with Crippen molar-refractivity contribution in [2.24, 2.45) is 0 Å². The van der Waals surface area contributed by atoms with E-state index in [2.05, 4.69) is 15.1 Å². The number of hydrogen-bond donors (Lipinski definition) is 2. The van der Waals surface area contributed by atoms with E-state index in [1.165, 1.54) is 0 Å². The minimum Gasteiger partial charge on any atom is -0.393 e. The van der Waals surface area contributed by atoms with E-state index in [0.717, 1.165) is 22.2 Å². The van der Waals surface area contributed by atoms with Crippen LogP contribution in [0.5, 0.6) is 0 Å². The highest BCUT2D eigenvalue weighted by atomic mass is 16.3. The van der Waals surface area contributed by atoms with Crippen LogP contribution >= 0.6 is 0 Å². The molecule has 0 aliphatic carbocycles. The summed E-state index contributed by atoms with van der Waals surface area (Å²) in [4.78, 5) is 8.49. The maximum Gasteiger partial charge on any atom is 0.159 e. The van der Waals surface area contributed by atoms with E-state index in [4.69, 9.17) is 5.73 Å². The van der Waals surface area contributed by atoms with Gasteiger partial charge in [0.15, 0.2) is 11.5 Å². The average molecular weight is 283 g/mol. The smallest absolute Gasteiger partial charge is 0.159 e. The number of anilines is 1. The molecule has 0 fully saturated rings. The molecular formula is C15H17N5O. The van der Waals surface area contributed by atoms with Gasteiger partial charge in [0.1, 0.15) is 0 Å². The van der Waals surface area contributed by atoms with Crippen molar-refractivity contribution in [1.82, 2.24) is 19.7 Å². The zero-order chi connectivity index (χ0) is 14.8. The van der Waals surface area contributed by atoms with Gasteiger partial charge in [-0.3, -0.25) is 4.98 Å². The lowest BCUT2D eigenvalue weighted by Crippen LogP contribution is -2.08. The van der Waals surface area contributed by atoms with Crippen LogP contribution in [-0.4, -0.2) is 31.0 Å². The second-order valence-electron chi connectivity index (χ2n) is 5.08. The van der Waals surface area contributed by atoms with Gasteiger partial charge in [0.2, 0.25) is 0 Å². The summed E-state index contributed by atoms with van der Waals surface area (Å²) in [5.41, 5.74) is 8.74. The number of aliphatic hydroxyl groups is 1. The maximum absolute atomic E-state index is 9.39. The van der Waals surface area contributed by atoms with Crippen molar-refractivity contribution in [3.05, 3.63) is 36.8 Å². The number of aliphatic hydroxyl groups excluding tert-OH is 1. The quantitative estimate of drug-likeness (QED) is 0.762. The Balaban J connectivity index is 2.01. The van der Waals surface area contributed by atoms with Crippen LogP contribution in [0, 0.1) is 0 Å². The fourth-order valence-corrected chi connectivity index (χ4v) is 2.25. The molecule has 0 saturated carbocycles. The number of hydrogen-bond acceptors (Lipinski definition) is 5. The highest BCUT2D eigenvalue weighted by Gasteiger charge is 2.11. The molecular weight excluding hydrogens is 266 g/mol. The first-order valence-electron chi connectivity index (χ1n) is 6.85. The molecule has 1 unspecified atom stereocenters. The minimum atomic E-state index is -0.374. The van der Waals surface area contributed by atoms with Gasteiger partial charge < -0.3 is 10.8 Å². The Morgan fingerprint density at radius 1 is 1.29 bits per heavy atom. The van der Waals surface area contributed by atoms with Crippen molar-refractivity contribution >= 4 is 16.9 Å². The third-order valence-corrected chi connectivity index (χ3v) is 3.39. The van der Waals surface area contributed by atoms with E-state index in [0.29, 0.717) is 18.8 Å². The summed E-state index contributed by atoms with van der Waals surface area (Å²) in [6.07, 6.45) is 5.53. The predicted octanol–water partition coefficient (Wildman–Crippen LogP) is 1.85. The van der Waals surface area contributed by atoms with E-state index in [9.17, 15) is 5.11 Å². The number of nitrogens with zero attached hydrogens (tertiary/aromatic N) is 4. The van der Waals surface area contributed by atoms with Gasteiger partial charge in [-0.05, 0) is 37.1 Å². The summed E-state index contributed by atoms with van der Waals surface area (Å²) in [6.45, 7) is 2.34. The topological polar surface area (TPSA) is 89.8 Å². The lowest BCUT2D eigenvalue weighted by molar-refractivity contribution is 0.177. The van der Waals surface area contributed by atoms with Crippen LogP contribution in [0.3, 0.4) is 0 Å². The van der Waals surface area contributed by atoms with Gasteiger partial charge in [-0.25, -0.2) is 9.67 Å². The van der Waals surface area contributed by atoms with E-state index >= 15 is 0 Å². The molecule has 3 N–H and O–H groups in total. The predicted molar refractivity (Wildman–Crippen MR) is 81.5 cm³/mol. The third-order valence-electron chi connectivity index (χ3n) is 3.39. The molecule has 0 aliphatic rings. The molecule has 0 saturated heterocycles. The van der Waals surface area contributed by atoms with Gasteiger partial charge in [-0.15, -0.1) is 0 Å². The van der Waals surface area contributed by atoms with Gasteiger partial charge in [0, 0.05) is 30.7 Å². The van der Waals surface area contributed by atoms with Crippen LogP contribution < -0.4 is 5.73 Å². The van der Waals surface area contributed by atoms with Gasteiger partial charge in [0.05, 0.1) is 11.5 Å². The van der Waals surface area contributed by atoms with Crippen molar-refractivity contribution < 1.29 is 5.11 Å². The Bertz CT molecular complexity index is 751. The summed E-state index contributed by atoms with van der Waals surface area (Å²) in [6, 6.07) is 5.84. The number of aromatic nitrogens is 4. The molecule has 0 amide bonds. The molecule has 6 heteroatoms. The van der Waals surface area contributed by atoms with Crippen LogP contribution in [-0.2, 0) is 6.54 Å². The molecule has 6 nitrogen and oxygen atoms in total. The first kappa shape index (κ1) is 13.5. The number of fused-ring (bicyclic) bond motifs is 1. The van der Waals surface area contributed by atoms with E-state index in [1.54, 1.807) is 30.2 Å². The molecule has 0 radical (unpaired) electrons. The molecule has 3 rings (SSSR count). The Labute approximate surface area is 122 Å². The van der Waals surface area contributed by atoms with E-state index in [-0.39, 0.29) is 6.10 Å². The Morgan fingerprint density at radius 3 is 2.76 bits per heavy atom. The third kappa shape index (κ3) is 2.71. The highest BCUT2D eigenvalue weighted by Crippen LogP contribution is 2.25. The maximum atomic E-state index is 9.39. The van der Waals surface area contributed by atoms with E-state index in [1.807, 2.05) is 18.2 Å². The lowest BCUT2D eigenvalue weighted by Gasteiger charge is -2.05. The van der Waals surface area contributed by atoms with Crippen molar-refractivity contribution in [2.45, 2.75) is 26.0 Å². The van der Waals surface area contributed by atoms with Crippen molar-refractivity contribution in [3.8, 4) is 11.1 Å². The second-order valence-corrected chi connectivity index (χ2v) is 5.08.